The number of unbranched alkanes of at least 4 members (excludes halogenated alkanes) is 53. The second-order valence-electron chi connectivity index (χ2n) is 24.9. The summed E-state index contributed by atoms with van der Waals surface area (Å²) < 4.78 is 5.51. The first-order valence-corrected chi connectivity index (χ1v) is 36.1. The lowest BCUT2D eigenvalue weighted by Gasteiger charge is -2.22. The molecule has 1 amide bonds. The van der Waals surface area contributed by atoms with E-state index in [1.807, 2.05) is 0 Å². The average Bonchev–Trinajstić information content (AvgIpc) is 3.45. The van der Waals surface area contributed by atoms with Crippen LogP contribution in [0.5, 0.6) is 0 Å². The molecular formula is C73H141NO5. The summed E-state index contributed by atoms with van der Waals surface area (Å²) in [6, 6.07) is -0.537. The standard InChI is InChI=1S/C73H141NO5/c1-3-5-7-9-11-13-15-16-17-37-41-44-47-51-55-59-63-67-73(78)79-68-64-60-56-52-48-45-42-39-36-34-32-30-28-26-24-22-20-18-19-21-23-25-27-29-31-33-35-38-40-43-46-50-54-58-62-66-72(77)74-70(69-75)71(76)65-61-57-53-49-14-12-10-8-6-4-2/h20,22,26,28,70-71,75-76H,3-19,21,23-25,27,29-69H2,1-2H3,(H,74,77)/b22-20-,28-26-. The minimum absolute atomic E-state index is 0.0214. The Labute approximate surface area is 494 Å². The highest BCUT2D eigenvalue weighted by Crippen LogP contribution is 2.19. The number of nitrogens with one attached hydrogen (secondary N) is 1. The second kappa shape index (κ2) is 68.8. The monoisotopic (exact) mass is 1110 g/mol. The lowest BCUT2D eigenvalue weighted by molar-refractivity contribution is -0.143. The van der Waals surface area contributed by atoms with Crippen LogP contribution in [0.3, 0.4) is 0 Å². The van der Waals surface area contributed by atoms with Crippen molar-refractivity contribution in [2.75, 3.05) is 13.2 Å². The molecule has 3 N–H and O–H groups in total. The van der Waals surface area contributed by atoms with Crippen molar-refractivity contribution in [3.8, 4) is 0 Å². The number of ether oxygens (including phenoxy) is 1. The minimum atomic E-state index is -0.660. The predicted octanol–water partition coefficient (Wildman–Crippen LogP) is 23.3. The third kappa shape index (κ3) is 65.4. The van der Waals surface area contributed by atoms with Crippen molar-refractivity contribution in [2.45, 2.75) is 418 Å². The van der Waals surface area contributed by atoms with Crippen LogP contribution in [0.25, 0.3) is 0 Å². The molecule has 0 spiro atoms. The van der Waals surface area contributed by atoms with E-state index in [4.69, 9.17) is 4.74 Å². The predicted molar refractivity (Wildman–Crippen MR) is 347 cm³/mol. The Balaban J connectivity index is 3.33. The van der Waals surface area contributed by atoms with Gasteiger partial charge >= 0.3 is 5.97 Å². The molecule has 0 aliphatic rings. The van der Waals surface area contributed by atoms with Gasteiger partial charge in [-0.1, -0.05) is 359 Å². The van der Waals surface area contributed by atoms with E-state index in [9.17, 15) is 19.8 Å². The van der Waals surface area contributed by atoms with Crippen LogP contribution < -0.4 is 5.32 Å². The molecule has 0 heterocycles. The maximum absolute atomic E-state index is 12.4. The molecule has 0 saturated carbocycles. The van der Waals surface area contributed by atoms with Gasteiger partial charge in [0.1, 0.15) is 0 Å². The normalized spacial score (nSPS) is 12.6. The minimum Gasteiger partial charge on any atom is -0.466 e. The molecule has 468 valence electrons. The molecule has 0 bridgehead atoms. The molecule has 0 aliphatic heterocycles. The number of hydrogen-bond donors (Lipinski definition) is 3. The van der Waals surface area contributed by atoms with E-state index in [0.717, 1.165) is 44.9 Å². The fourth-order valence-corrected chi connectivity index (χ4v) is 11.5. The van der Waals surface area contributed by atoms with Crippen molar-refractivity contribution < 1.29 is 24.5 Å². The SMILES string of the molecule is CCCCCCCCCCCCCCCCCCCC(=O)OCCCCCCCCCCCCC/C=C\C/C=C\CCCCCCCCCCCCCCCCCCCC(=O)NC(CO)C(O)CCCCCCCCCCCC. The largest absolute Gasteiger partial charge is 0.466 e. The molecule has 2 atom stereocenters. The average molecular weight is 1110 g/mol. The van der Waals surface area contributed by atoms with Gasteiger partial charge in [0.2, 0.25) is 5.91 Å². The summed E-state index contributed by atoms with van der Waals surface area (Å²) in [7, 11) is 0. The number of esters is 1. The highest BCUT2D eigenvalue weighted by Gasteiger charge is 2.20. The summed E-state index contributed by atoms with van der Waals surface area (Å²) in [5.41, 5.74) is 0. The zero-order valence-corrected chi connectivity index (χ0v) is 53.6. The van der Waals surface area contributed by atoms with Crippen LogP contribution in [-0.4, -0.2) is 47.4 Å². The van der Waals surface area contributed by atoms with Gasteiger partial charge in [-0.2, -0.15) is 0 Å². The van der Waals surface area contributed by atoms with Crippen molar-refractivity contribution in [3.05, 3.63) is 24.3 Å². The first-order chi connectivity index (χ1) is 39.0. The van der Waals surface area contributed by atoms with Gasteiger partial charge in [0.25, 0.3) is 0 Å². The number of carbonyl (C=O) groups is 2. The van der Waals surface area contributed by atoms with Crippen molar-refractivity contribution in [1.29, 1.82) is 0 Å². The number of rotatable bonds is 68. The zero-order valence-electron chi connectivity index (χ0n) is 53.6. The Hall–Kier alpha value is -1.66. The van der Waals surface area contributed by atoms with Gasteiger partial charge in [-0.3, -0.25) is 9.59 Å². The lowest BCUT2D eigenvalue weighted by Crippen LogP contribution is -2.45. The fraction of sp³-hybridized carbons (Fsp3) is 0.918. The van der Waals surface area contributed by atoms with Crippen molar-refractivity contribution in [3.63, 3.8) is 0 Å². The molecule has 0 rings (SSSR count). The first kappa shape index (κ1) is 77.3. The Morgan fingerprint density at radius 1 is 0.354 bits per heavy atom. The van der Waals surface area contributed by atoms with Crippen LogP contribution in [0.4, 0.5) is 0 Å². The number of aliphatic hydroxyl groups excluding tert-OH is 2. The lowest BCUT2D eigenvalue weighted by atomic mass is 10.0. The summed E-state index contributed by atoms with van der Waals surface area (Å²) in [6.45, 7) is 4.97. The molecule has 0 aromatic rings. The Bertz CT molecular complexity index is 1230. The topological polar surface area (TPSA) is 95.9 Å². The van der Waals surface area contributed by atoms with E-state index in [0.29, 0.717) is 25.9 Å². The molecule has 79 heavy (non-hydrogen) atoms. The second-order valence-corrected chi connectivity index (χ2v) is 24.9. The fourth-order valence-electron chi connectivity index (χ4n) is 11.5. The van der Waals surface area contributed by atoms with E-state index in [-0.39, 0.29) is 18.5 Å². The molecule has 6 nitrogen and oxygen atoms in total. The number of aliphatic hydroxyl groups is 2. The number of hydrogen-bond acceptors (Lipinski definition) is 5. The quantitative estimate of drug-likeness (QED) is 0.0320. The van der Waals surface area contributed by atoms with Crippen molar-refractivity contribution in [2.24, 2.45) is 0 Å². The van der Waals surface area contributed by atoms with E-state index in [1.54, 1.807) is 0 Å². The Morgan fingerprint density at radius 3 is 0.962 bits per heavy atom. The van der Waals surface area contributed by atoms with Gasteiger partial charge < -0.3 is 20.3 Å². The Kier molecular flexibility index (Phi) is 67.4. The molecule has 0 fully saturated rings. The van der Waals surface area contributed by atoms with Gasteiger partial charge in [0.15, 0.2) is 0 Å². The zero-order chi connectivity index (χ0) is 57.1. The highest BCUT2D eigenvalue weighted by molar-refractivity contribution is 5.76. The third-order valence-electron chi connectivity index (χ3n) is 17.0. The number of carbonyl (C=O) groups excluding carboxylic acids is 2. The molecule has 0 aliphatic carbocycles. The van der Waals surface area contributed by atoms with Crippen LogP contribution in [0.15, 0.2) is 24.3 Å². The van der Waals surface area contributed by atoms with Gasteiger partial charge in [-0.05, 0) is 57.8 Å². The van der Waals surface area contributed by atoms with Crippen LogP contribution in [0, 0.1) is 0 Å². The molecule has 2 unspecified atom stereocenters. The van der Waals surface area contributed by atoms with Gasteiger partial charge in [-0.25, -0.2) is 0 Å². The highest BCUT2D eigenvalue weighted by atomic mass is 16.5. The maximum Gasteiger partial charge on any atom is 0.305 e. The molecule has 0 aromatic carbocycles. The van der Waals surface area contributed by atoms with Crippen molar-refractivity contribution >= 4 is 11.9 Å². The number of allylic oxidation sites excluding steroid dienone is 4. The van der Waals surface area contributed by atoms with Crippen LogP contribution in [-0.2, 0) is 14.3 Å². The van der Waals surface area contributed by atoms with Crippen LogP contribution in [0.2, 0.25) is 0 Å². The van der Waals surface area contributed by atoms with Crippen molar-refractivity contribution in [1.82, 2.24) is 5.32 Å². The van der Waals surface area contributed by atoms with E-state index in [1.165, 1.54) is 327 Å². The first-order valence-electron chi connectivity index (χ1n) is 36.1. The molecule has 0 aromatic heterocycles. The van der Waals surface area contributed by atoms with Crippen LogP contribution in [0.1, 0.15) is 406 Å². The maximum atomic E-state index is 12.4. The summed E-state index contributed by atoms with van der Waals surface area (Å²) in [5, 5.41) is 23.2. The third-order valence-corrected chi connectivity index (χ3v) is 17.0. The molecule has 0 saturated heterocycles. The Morgan fingerprint density at radius 2 is 0.633 bits per heavy atom. The van der Waals surface area contributed by atoms with Crippen LogP contribution >= 0.6 is 0 Å². The molecule has 6 heteroatoms. The van der Waals surface area contributed by atoms with E-state index >= 15 is 0 Å². The smallest absolute Gasteiger partial charge is 0.305 e. The van der Waals surface area contributed by atoms with Gasteiger partial charge in [-0.15, -0.1) is 0 Å². The summed E-state index contributed by atoms with van der Waals surface area (Å²) in [5.74, 6) is -0.0111. The summed E-state index contributed by atoms with van der Waals surface area (Å²) >= 11 is 0. The summed E-state index contributed by atoms with van der Waals surface area (Å²) in [6.07, 6.45) is 86.8. The molecule has 0 radical (unpaired) electrons. The molecular weight excluding hydrogens is 971 g/mol. The van der Waals surface area contributed by atoms with E-state index < -0.39 is 12.1 Å². The van der Waals surface area contributed by atoms with Gasteiger partial charge in [0.05, 0.1) is 25.4 Å². The number of amides is 1. The van der Waals surface area contributed by atoms with E-state index in [2.05, 4.69) is 43.5 Å². The summed E-state index contributed by atoms with van der Waals surface area (Å²) in [4.78, 5) is 24.5. The van der Waals surface area contributed by atoms with Gasteiger partial charge in [0, 0.05) is 12.8 Å².